The van der Waals surface area contributed by atoms with E-state index in [1.54, 1.807) is 11.3 Å². The number of thiazole rings is 1. The summed E-state index contributed by atoms with van der Waals surface area (Å²) in [7, 11) is 1.95. The van der Waals surface area contributed by atoms with Gasteiger partial charge in [0.15, 0.2) is 0 Å². The van der Waals surface area contributed by atoms with Gasteiger partial charge in [0.2, 0.25) is 5.91 Å². The van der Waals surface area contributed by atoms with Crippen molar-refractivity contribution < 1.29 is 4.79 Å². The third-order valence-corrected chi connectivity index (χ3v) is 5.91. The summed E-state index contributed by atoms with van der Waals surface area (Å²) in [6, 6.07) is 14.6. The number of carbonyl (C=O) groups excluding carboxylic acids is 1. The molecule has 0 saturated carbocycles. The number of carbonyl (C=O) groups is 1. The molecule has 0 fully saturated rings. The van der Waals surface area contributed by atoms with Gasteiger partial charge in [-0.15, -0.1) is 11.3 Å². The topological polar surface area (TPSA) is 45.2 Å². The van der Waals surface area contributed by atoms with E-state index in [9.17, 15) is 4.79 Å². The molecule has 4 nitrogen and oxygen atoms in total. The fourth-order valence-electron chi connectivity index (χ4n) is 3.29. The van der Waals surface area contributed by atoms with E-state index in [2.05, 4.69) is 48.8 Å². The van der Waals surface area contributed by atoms with Crippen molar-refractivity contribution in [3.05, 3.63) is 70.2 Å². The fourth-order valence-corrected chi connectivity index (χ4v) is 4.11. The lowest BCUT2D eigenvalue weighted by atomic mass is 10.0. The number of aromatic nitrogens is 1. The molecular formula is C24H29N3OS. The van der Waals surface area contributed by atoms with Gasteiger partial charge in [0.05, 0.1) is 12.2 Å². The Morgan fingerprint density at radius 1 is 1.10 bits per heavy atom. The molecule has 152 valence electrons. The molecule has 1 amide bonds. The number of nitrogens with zero attached hydrogens (tertiary/aromatic N) is 2. The summed E-state index contributed by atoms with van der Waals surface area (Å²) in [5.74, 6) is 0.517. The van der Waals surface area contributed by atoms with E-state index >= 15 is 0 Å². The van der Waals surface area contributed by atoms with Crippen LogP contribution in [0.25, 0.3) is 10.6 Å². The molecule has 2 aromatic carbocycles. The number of aryl methyl sites for hydroxylation is 2. The maximum Gasteiger partial charge on any atom is 0.238 e. The molecule has 3 rings (SSSR count). The molecule has 0 saturated heterocycles. The van der Waals surface area contributed by atoms with Crippen LogP contribution in [-0.4, -0.2) is 29.4 Å². The lowest BCUT2D eigenvalue weighted by Gasteiger charge is -2.16. The van der Waals surface area contributed by atoms with Gasteiger partial charge in [-0.2, -0.15) is 0 Å². The molecule has 3 aromatic rings. The number of benzene rings is 2. The van der Waals surface area contributed by atoms with Crippen LogP contribution in [0.2, 0.25) is 0 Å². The highest BCUT2D eigenvalue weighted by molar-refractivity contribution is 7.13. The molecule has 0 aliphatic rings. The molecule has 0 atom stereocenters. The van der Waals surface area contributed by atoms with Crippen molar-refractivity contribution in [2.75, 3.05) is 18.9 Å². The zero-order chi connectivity index (χ0) is 21.0. The lowest BCUT2D eigenvalue weighted by Crippen LogP contribution is -2.30. The molecular weight excluding hydrogens is 378 g/mol. The van der Waals surface area contributed by atoms with Crippen LogP contribution in [-0.2, 0) is 11.3 Å². The van der Waals surface area contributed by atoms with Gasteiger partial charge < -0.3 is 5.32 Å². The van der Waals surface area contributed by atoms with Crippen LogP contribution in [0.1, 0.15) is 42.1 Å². The Balaban J connectivity index is 1.58. The Hall–Kier alpha value is -2.50. The first-order chi connectivity index (χ1) is 13.8. The lowest BCUT2D eigenvalue weighted by molar-refractivity contribution is -0.117. The Kier molecular flexibility index (Phi) is 6.83. The number of rotatable bonds is 7. The Morgan fingerprint density at radius 2 is 1.76 bits per heavy atom. The van der Waals surface area contributed by atoms with E-state index in [1.165, 1.54) is 5.56 Å². The highest BCUT2D eigenvalue weighted by atomic mass is 32.1. The summed E-state index contributed by atoms with van der Waals surface area (Å²) in [6.07, 6.45) is 0. The van der Waals surface area contributed by atoms with Gasteiger partial charge in [-0.3, -0.25) is 9.69 Å². The van der Waals surface area contributed by atoms with Gasteiger partial charge >= 0.3 is 0 Å². The average molecular weight is 408 g/mol. The first kappa shape index (κ1) is 21.2. The SMILES string of the molecule is Cc1cccc(C)c1NC(=O)CN(C)Cc1csc(-c2ccc(C(C)C)cc2)n1. The van der Waals surface area contributed by atoms with E-state index in [0.717, 1.165) is 33.1 Å². The molecule has 0 aliphatic carbocycles. The normalized spacial score (nSPS) is 11.3. The summed E-state index contributed by atoms with van der Waals surface area (Å²) in [5.41, 5.74) is 6.52. The quantitative estimate of drug-likeness (QED) is 0.553. The van der Waals surface area contributed by atoms with E-state index in [1.807, 2.05) is 44.0 Å². The Labute approximate surface area is 177 Å². The van der Waals surface area contributed by atoms with Crippen LogP contribution in [0, 0.1) is 13.8 Å². The predicted octanol–water partition coefficient (Wildman–Crippen LogP) is 5.62. The number of hydrogen-bond donors (Lipinski definition) is 1. The number of hydrogen-bond acceptors (Lipinski definition) is 4. The molecule has 0 bridgehead atoms. The van der Waals surface area contributed by atoms with Gasteiger partial charge in [0.25, 0.3) is 0 Å². The molecule has 1 aromatic heterocycles. The van der Waals surface area contributed by atoms with Gasteiger partial charge in [-0.25, -0.2) is 4.98 Å². The predicted molar refractivity (Wildman–Crippen MR) is 123 cm³/mol. The van der Waals surface area contributed by atoms with Crippen LogP contribution in [0.3, 0.4) is 0 Å². The molecule has 1 heterocycles. The third kappa shape index (κ3) is 5.52. The fraction of sp³-hybridized carbons (Fsp3) is 0.333. The van der Waals surface area contributed by atoms with Gasteiger partial charge in [-0.05, 0) is 43.5 Å². The number of likely N-dealkylation sites (N-methyl/N-ethyl adjacent to an activating group) is 1. The van der Waals surface area contributed by atoms with Crippen LogP contribution < -0.4 is 5.32 Å². The molecule has 0 unspecified atom stereocenters. The number of amides is 1. The van der Waals surface area contributed by atoms with Crippen molar-refractivity contribution in [3.8, 4) is 10.6 Å². The van der Waals surface area contributed by atoms with Crippen molar-refractivity contribution in [2.45, 2.75) is 40.2 Å². The van der Waals surface area contributed by atoms with Crippen LogP contribution in [0.5, 0.6) is 0 Å². The van der Waals surface area contributed by atoms with Crippen molar-refractivity contribution in [3.63, 3.8) is 0 Å². The van der Waals surface area contributed by atoms with Gasteiger partial charge in [0, 0.05) is 23.2 Å². The smallest absolute Gasteiger partial charge is 0.238 e. The zero-order valence-electron chi connectivity index (χ0n) is 17.8. The maximum atomic E-state index is 12.5. The van der Waals surface area contributed by atoms with Gasteiger partial charge in [-0.1, -0.05) is 56.3 Å². The minimum atomic E-state index is -0.00960. The second kappa shape index (κ2) is 9.33. The third-order valence-electron chi connectivity index (χ3n) is 4.97. The molecule has 1 N–H and O–H groups in total. The first-order valence-electron chi connectivity index (χ1n) is 9.93. The van der Waals surface area contributed by atoms with Crippen molar-refractivity contribution in [1.82, 2.24) is 9.88 Å². The minimum Gasteiger partial charge on any atom is -0.324 e. The summed E-state index contributed by atoms with van der Waals surface area (Å²) < 4.78 is 0. The molecule has 0 spiro atoms. The highest BCUT2D eigenvalue weighted by Gasteiger charge is 2.12. The summed E-state index contributed by atoms with van der Waals surface area (Å²) in [5, 5.41) is 6.13. The van der Waals surface area contributed by atoms with E-state index < -0.39 is 0 Å². The van der Waals surface area contributed by atoms with Crippen molar-refractivity contribution in [2.24, 2.45) is 0 Å². The number of nitrogens with one attached hydrogen (secondary N) is 1. The molecule has 0 aliphatic heterocycles. The average Bonchev–Trinajstić information content (AvgIpc) is 3.13. The van der Waals surface area contributed by atoms with Gasteiger partial charge in [0.1, 0.15) is 5.01 Å². The summed E-state index contributed by atoms with van der Waals surface area (Å²) in [4.78, 5) is 19.2. The molecule has 5 heteroatoms. The minimum absolute atomic E-state index is 0.00960. The van der Waals surface area contributed by atoms with Crippen molar-refractivity contribution >= 4 is 22.9 Å². The standard InChI is InChI=1S/C24H29N3OS/c1-16(2)19-9-11-20(12-10-19)24-25-21(15-29-24)13-27(5)14-22(28)26-23-17(3)7-6-8-18(23)4/h6-12,15-16H,13-14H2,1-5H3,(H,26,28). The largest absolute Gasteiger partial charge is 0.324 e. The summed E-state index contributed by atoms with van der Waals surface area (Å²) >= 11 is 1.65. The Bertz CT molecular complexity index is 956. The Morgan fingerprint density at radius 3 is 2.38 bits per heavy atom. The number of anilines is 1. The monoisotopic (exact) mass is 407 g/mol. The highest BCUT2D eigenvalue weighted by Crippen LogP contribution is 2.26. The number of para-hydroxylation sites is 1. The second-order valence-corrected chi connectivity index (χ2v) is 8.77. The van der Waals surface area contributed by atoms with Crippen LogP contribution >= 0.6 is 11.3 Å². The van der Waals surface area contributed by atoms with E-state index in [4.69, 9.17) is 4.98 Å². The first-order valence-corrected chi connectivity index (χ1v) is 10.8. The van der Waals surface area contributed by atoms with Crippen molar-refractivity contribution in [1.29, 1.82) is 0 Å². The second-order valence-electron chi connectivity index (χ2n) is 7.91. The zero-order valence-corrected chi connectivity index (χ0v) is 18.6. The van der Waals surface area contributed by atoms with Crippen LogP contribution in [0.4, 0.5) is 5.69 Å². The summed E-state index contributed by atoms with van der Waals surface area (Å²) in [6.45, 7) is 9.38. The maximum absolute atomic E-state index is 12.5. The van der Waals surface area contributed by atoms with E-state index in [-0.39, 0.29) is 5.91 Å². The molecule has 29 heavy (non-hydrogen) atoms. The van der Waals surface area contributed by atoms with E-state index in [0.29, 0.717) is 19.0 Å². The van der Waals surface area contributed by atoms with Crippen LogP contribution in [0.15, 0.2) is 47.8 Å². The molecule has 0 radical (unpaired) electrons.